The van der Waals surface area contributed by atoms with Crippen LogP contribution in [0.1, 0.15) is 0 Å². The number of rotatable bonds is 2. The van der Waals surface area contributed by atoms with Gasteiger partial charge >= 0.3 is 0 Å². The smallest absolute Gasteiger partial charge is 0.142 e. The second kappa shape index (κ2) is 4.27. The Labute approximate surface area is 109 Å². The zero-order valence-corrected chi connectivity index (χ0v) is 10.7. The predicted octanol–water partition coefficient (Wildman–Crippen LogP) is 2.79. The van der Waals surface area contributed by atoms with Crippen LogP contribution in [0.25, 0.3) is 22.0 Å². The predicted molar refractivity (Wildman–Crippen MR) is 74.2 cm³/mol. The minimum absolute atomic E-state index is 0.749. The van der Waals surface area contributed by atoms with E-state index < -0.39 is 0 Å². The Bertz CT molecular complexity index is 684. The molecular weight excluding hydrogens is 244 g/mol. The second-order valence-corrected chi connectivity index (χ2v) is 4.87. The van der Waals surface area contributed by atoms with Crippen LogP contribution < -0.4 is 5.73 Å². The van der Waals surface area contributed by atoms with Crippen LogP contribution in [0.2, 0.25) is 0 Å². The van der Waals surface area contributed by atoms with Crippen LogP contribution in [0, 0.1) is 0 Å². The SMILES string of the molecule is Cn1cncc1-c1nc(-c2ccccc2N)cs1. The number of aromatic nitrogens is 3. The van der Waals surface area contributed by atoms with Crippen molar-refractivity contribution < 1.29 is 0 Å². The molecule has 0 bridgehead atoms. The van der Waals surface area contributed by atoms with Crippen LogP contribution >= 0.6 is 11.3 Å². The summed E-state index contributed by atoms with van der Waals surface area (Å²) in [5, 5.41) is 2.97. The molecule has 0 atom stereocenters. The Kier molecular flexibility index (Phi) is 2.60. The lowest BCUT2D eigenvalue weighted by Crippen LogP contribution is -1.90. The van der Waals surface area contributed by atoms with E-state index >= 15 is 0 Å². The van der Waals surface area contributed by atoms with Gasteiger partial charge in [0.2, 0.25) is 0 Å². The fourth-order valence-electron chi connectivity index (χ4n) is 1.81. The summed E-state index contributed by atoms with van der Waals surface area (Å²) in [7, 11) is 1.96. The van der Waals surface area contributed by atoms with Crippen LogP contribution in [-0.2, 0) is 7.05 Å². The number of nitrogen functional groups attached to an aromatic ring is 1. The van der Waals surface area contributed by atoms with Crippen molar-refractivity contribution in [3.05, 3.63) is 42.2 Å². The first-order valence-corrected chi connectivity index (χ1v) is 6.41. The third-order valence-electron chi connectivity index (χ3n) is 2.78. The van der Waals surface area contributed by atoms with Crippen LogP contribution in [-0.4, -0.2) is 14.5 Å². The van der Waals surface area contributed by atoms with E-state index in [1.54, 1.807) is 17.7 Å². The van der Waals surface area contributed by atoms with Crippen molar-refractivity contribution in [3.63, 3.8) is 0 Å². The van der Waals surface area contributed by atoms with Gasteiger partial charge in [-0.1, -0.05) is 18.2 Å². The van der Waals surface area contributed by atoms with Crippen LogP contribution in [0.15, 0.2) is 42.2 Å². The van der Waals surface area contributed by atoms with E-state index in [0.29, 0.717) is 0 Å². The van der Waals surface area contributed by atoms with E-state index in [1.165, 1.54) is 0 Å². The fourth-order valence-corrected chi connectivity index (χ4v) is 2.68. The van der Waals surface area contributed by atoms with Gasteiger partial charge in [0.25, 0.3) is 0 Å². The molecule has 2 N–H and O–H groups in total. The number of nitrogens with two attached hydrogens (primary N) is 1. The normalized spacial score (nSPS) is 10.7. The molecule has 0 aliphatic heterocycles. The average Bonchev–Trinajstić information content (AvgIpc) is 2.98. The maximum Gasteiger partial charge on any atom is 0.142 e. The minimum Gasteiger partial charge on any atom is -0.398 e. The summed E-state index contributed by atoms with van der Waals surface area (Å²) in [6.45, 7) is 0. The van der Waals surface area contributed by atoms with Gasteiger partial charge in [-0.2, -0.15) is 0 Å². The van der Waals surface area contributed by atoms with Gasteiger partial charge in [-0.3, -0.25) is 0 Å². The Hall–Kier alpha value is -2.14. The molecule has 18 heavy (non-hydrogen) atoms. The first-order valence-electron chi connectivity index (χ1n) is 5.53. The molecule has 0 aliphatic carbocycles. The number of aryl methyl sites for hydroxylation is 1. The molecule has 0 unspecified atom stereocenters. The Balaban J connectivity index is 2.05. The zero-order valence-electron chi connectivity index (χ0n) is 9.87. The molecule has 3 aromatic rings. The number of benzene rings is 1. The van der Waals surface area contributed by atoms with E-state index in [0.717, 1.165) is 27.6 Å². The van der Waals surface area contributed by atoms with Gasteiger partial charge in [0.1, 0.15) is 5.01 Å². The topological polar surface area (TPSA) is 56.7 Å². The third kappa shape index (κ3) is 1.78. The largest absolute Gasteiger partial charge is 0.398 e. The summed E-state index contributed by atoms with van der Waals surface area (Å²) in [4.78, 5) is 8.72. The zero-order chi connectivity index (χ0) is 12.5. The number of hydrogen-bond acceptors (Lipinski definition) is 4. The molecule has 4 nitrogen and oxygen atoms in total. The van der Waals surface area contributed by atoms with E-state index in [2.05, 4.69) is 9.97 Å². The van der Waals surface area contributed by atoms with Gasteiger partial charge in [-0.15, -0.1) is 11.3 Å². The maximum absolute atomic E-state index is 5.96. The van der Waals surface area contributed by atoms with Crippen molar-refractivity contribution in [1.29, 1.82) is 0 Å². The monoisotopic (exact) mass is 256 g/mol. The van der Waals surface area contributed by atoms with Crippen LogP contribution in [0.3, 0.4) is 0 Å². The van der Waals surface area contributed by atoms with Gasteiger partial charge in [0.15, 0.2) is 0 Å². The lowest BCUT2D eigenvalue weighted by atomic mass is 10.1. The van der Waals surface area contributed by atoms with Crippen LogP contribution in [0.4, 0.5) is 5.69 Å². The molecule has 1 aromatic carbocycles. The molecule has 2 aromatic heterocycles. The van der Waals surface area contributed by atoms with E-state index in [-0.39, 0.29) is 0 Å². The molecule has 0 radical (unpaired) electrons. The second-order valence-electron chi connectivity index (χ2n) is 4.01. The first kappa shape index (κ1) is 11.0. The maximum atomic E-state index is 5.96. The highest BCUT2D eigenvalue weighted by molar-refractivity contribution is 7.13. The summed E-state index contributed by atoms with van der Waals surface area (Å²) in [6, 6.07) is 7.76. The molecule has 0 fully saturated rings. The molecule has 0 saturated carbocycles. The highest BCUT2D eigenvalue weighted by Gasteiger charge is 2.10. The standard InChI is InChI=1S/C13H12N4S/c1-17-8-15-6-12(17)13-16-11(7-18-13)9-4-2-3-5-10(9)14/h2-8H,14H2,1H3. The number of hydrogen-bond donors (Lipinski definition) is 1. The van der Waals surface area contributed by atoms with Crippen molar-refractivity contribution in [1.82, 2.24) is 14.5 Å². The lowest BCUT2D eigenvalue weighted by Gasteiger charge is -2.01. The van der Waals surface area contributed by atoms with Gasteiger partial charge < -0.3 is 10.3 Å². The molecule has 3 rings (SSSR count). The van der Waals surface area contributed by atoms with Crippen molar-refractivity contribution >= 4 is 17.0 Å². The van der Waals surface area contributed by atoms with Crippen molar-refractivity contribution in [2.45, 2.75) is 0 Å². The van der Waals surface area contributed by atoms with Gasteiger partial charge in [-0.05, 0) is 6.07 Å². The quantitative estimate of drug-likeness (QED) is 0.717. The average molecular weight is 256 g/mol. The highest BCUT2D eigenvalue weighted by Crippen LogP contribution is 2.30. The molecule has 2 heterocycles. The Morgan fingerprint density at radius 2 is 2.11 bits per heavy atom. The van der Waals surface area contributed by atoms with E-state index in [4.69, 9.17) is 5.73 Å². The molecule has 0 saturated heterocycles. The van der Waals surface area contributed by atoms with Crippen molar-refractivity contribution in [2.75, 3.05) is 5.73 Å². The molecule has 5 heteroatoms. The summed E-state index contributed by atoms with van der Waals surface area (Å²) >= 11 is 1.60. The molecule has 0 amide bonds. The summed E-state index contributed by atoms with van der Waals surface area (Å²) in [5.74, 6) is 0. The molecule has 0 spiro atoms. The molecular formula is C13H12N4S. The molecule has 90 valence electrons. The van der Waals surface area contributed by atoms with Crippen molar-refractivity contribution in [3.8, 4) is 22.0 Å². The number of anilines is 1. The summed E-state index contributed by atoms with van der Waals surface area (Å²) in [6.07, 6.45) is 3.59. The number of nitrogens with zero attached hydrogens (tertiary/aromatic N) is 3. The Morgan fingerprint density at radius 1 is 1.28 bits per heavy atom. The summed E-state index contributed by atoms with van der Waals surface area (Å²) < 4.78 is 1.96. The summed E-state index contributed by atoms with van der Waals surface area (Å²) in [5.41, 5.74) is 9.61. The lowest BCUT2D eigenvalue weighted by molar-refractivity contribution is 0.920. The van der Waals surface area contributed by atoms with E-state index in [9.17, 15) is 0 Å². The number of para-hydroxylation sites is 1. The van der Waals surface area contributed by atoms with Crippen molar-refractivity contribution in [2.24, 2.45) is 7.05 Å². The molecule has 0 aliphatic rings. The third-order valence-corrected chi connectivity index (χ3v) is 3.64. The Morgan fingerprint density at radius 3 is 2.83 bits per heavy atom. The number of imidazole rings is 1. The van der Waals surface area contributed by atoms with E-state index in [1.807, 2.05) is 47.5 Å². The number of thiazole rings is 1. The van der Waals surface area contributed by atoms with Gasteiger partial charge in [-0.25, -0.2) is 9.97 Å². The van der Waals surface area contributed by atoms with Gasteiger partial charge in [0.05, 0.1) is 23.9 Å². The van der Waals surface area contributed by atoms with Gasteiger partial charge in [0, 0.05) is 23.7 Å². The van der Waals surface area contributed by atoms with Crippen LogP contribution in [0.5, 0.6) is 0 Å². The fraction of sp³-hybridized carbons (Fsp3) is 0.0769. The minimum atomic E-state index is 0.749. The first-order chi connectivity index (χ1) is 8.75. The highest BCUT2D eigenvalue weighted by atomic mass is 32.1.